The Morgan fingerprint density at radius 2 is 2.21 bits per heavy atom. The van der Waals surface area contributed by atoms with Crippen LogP contribution >= 0.6 is 0 Å². The van der Waals surface area contributed by atoms with Gasteiger partial charge in [0.15, 0.2) is 0 Å². The van der Waals surface area contributed by atoms with Crippen molar-refractivity contribution < 1.29 is 17.6 Å². The molecule has 1 amide bonds. The largest absolute Gasteiger partial charge is 0.269 e. The molecule has 2 rings (SSSR count). The Morgan fingerprint density at radius 1 is 1.53 bits per heavy atom. The van der Waals surface area contributed by atoms with Gasteiger partial charge in [-0.1, -0.05) is 0 Å². The zero-order valence-corrected chi connectivity index (χ0v) is 10.7. The first-order chi connectivity index (χ1) is 8.87. The van der Waals surface area contributed by atoms with Gasteiger partial charge < -0.3 is 0 Å². The van der Waals surface area contributed by atoms with Gasteiger partial charge in [-0.3, -0.25) is 4.79 Å². The van der Waals surface area contributed by atoms with Crippen molar-refractivity contribution in [3.05, 3.63) is 41.2 Å². The highest BCUT2D eigenvalue weighted by molar-refractivity contribution is 7.90. The molecule has 0 bridgehead atoms. The average Bonchev–Trinajstić information content (AvgIpc) is 2.51. The van der Waals surface area contributed by atoms with Gasteiger partial charge in [0.2, 0.25) is 0 Å². The number of sulfonamides is 1. The van der Waals surface area contributed by atoms with Crippen LogP contribution in [0.25, 0.3) is 0 Å². The van der Waals surface area contributed by atoms with Gasteiger partial charge in [0.25, 0.3) is 15.9 Å². The fourth-order valence-electron chi connectivity index (χ4n) is 1.80. The lowest BCUT2D eigenvalue weighted by Crippen LogP contribution is -2.31. The molecule has 5 nitrogen and oxygen atoms in total. The second-order valence-electron chi connectivity index (χ2n) is 4.08. The molecule has 98 valence electrons. The molecule has 0 atom stereocenters. The summed E-state index contributed by atoms with van der Waals surface area (Å²) < 4.78 is 38.0. The highest BCUT2D eigenvalue weighted by Gasteiger charge is 2.41. The molecule has 0 N–H and O–H groups in total. The quantitative estimate of drug-likeness (QED) is 0.768. The smallest absolute Gasteiger partial charge is 0.268 e. The first kappa shape index (κ1) is 13.2. The van der Waals surface area contributed by atoms with Gasteiger partial charge in [-0.15, -0.1) is 0 Å². The van der Waals surface area contributed by atoms with Crippen LogP contribution < -0.4 is 0 Å². The van der Waals surface area contributed by atoms with Crippen molar-refractivity contribution in [2.45, 2.75) is 11.8 Å². The predicted octanol–water partition coefficient (Wildman–Crippen LogP) is 1.44. The lowest BCUT2D eigenvalue weighted by atomic mass is 10.2. The molecule has 0 saturated heterocycles. The van der Waals surface area contributed by atoms with Crippen molar-refractivity contribution in [1.29, 1.82) is 5.26 Å². The zero-order chi connectivity index (χ0) is 14.2. The minimum atomic E-state index is -3.96. The molecular weight excluding hydrogens is 271 g/mol. The molecule has 0 aliphatic carbocycles. The van der Waals surface area contributed by atoms with Crippen LogP contribution in [0.3, 0.4) is 0 Å². The summed E-state index contributed by atoms with van der Waals surface area (Å²) in [5.41, 5.74) is 0.248. The fourth-order valence-corrected chi connectivity index (χ4v) is 3.39. The lowest BCUT2D eigenvalue weighted by Gasteiger charge is -2.14. The Labute approximate surface area is 109 Å². The molecule has 1 aromatic carbocycles. The third kappa shape index (κ3) is 2.11. The summed E-state index contributed by atoms with van der Waals surface area (Å²) in [5, 5.41) is 8.49. The van der Waals surface area contributed by atoms with Crippen LogP contribution in [0, 0.1) is 17.1 Å². The zero-order valence-electron chi connectivity index (χ0n) is 9.92. The van der Waals surface area contributed by atoms with Crippen LogP contribution in [-0.2, 0) is 10.0 Å². The molecule has 0 unspecified atom stereocenters. The molecular formula is C12H9FN2O3S. The number of amides is 1. The Balaban J connectivity index is 2.50. The van der Waals surface area contributed by atoms with Gasteiger partial charge in [-0.25, -0.2) is 17.1 Å². The van der Waals surface area contributed by atoms with Gasteiger partial charge in [0.1, 0.15) is 10.7 Å². The number of benzene rings is 1. The van der Waals surface area contributed by atoms with Gasteiger partial charge in [-0.2, -0.15) is 5.26 Å². The normalized spacial score (nSPS) is 17.2. The van der Waals surface area contributed by atoms with Crippen molar-refractivity contribution in [3.8, 4) is 6.07 Å². The molecule has 7 heteroatoms. The maximum Gasteiger partial charge on any atom is 0.269 e. The van der Waals surface area contributed by atoms with E-state index in [1.807, 2.05) is 0 Å². The highest BCUT2D eigenvalue weighted by Crippen LogP contribution is 2.31. The molecule has 0 aromatic heterocycles. The van der Waals surface area contributed by atoms with E-state index in [-0.39, 0.29) is 17.0 Å². The van der Waals surface area contributed by atoms with Crippen LogP contribution in [0.1, 0.15) is 17.3 Å². The standard InChI is InChI=1S/C12H9FN2O3S/c1-8(4-5-14)7-15-12(16)10-6-9(13)2-3-11(10)19(15,17)18/h2-4,6H,7H2,1H3. The molecule has 0 radical (unpaired) electrons. The van der Waals surface area contributed by atoms with Gasteiger partial charge in [0, 0.05) is 6.08 Å². The number of carbonyl (C=O) groups excluding carboxylic acids is 1. The summed E-state index contributed by atoms with van der Waals surface area (Å²) in [5.74, 6) is -1.45. The van der Waals surface area contributed by atoms with Gasteiger partial charge in [-0.05, 0) is 30.7 Å². The van der Waals surface area contributed by atoms with Crippen LogP contribution in [-0.4, -0.2) is 25.2 Å². The second-order valence-corrected chi connectivity index (χ2v) is 5.91. The van der Waals surface area contributed by atoms with E-state index < -0.39 is 21.7 Å². The van der Waals surface area contributed by atoms with Crippen LogP contribution in [0.15, 0.2) is 34.7 Å². The van der Waals surface area contributed by atoms with Gasteiger partial charge in [0.05, 0.1) is 18.2 Å². The van der Waals surface area contributed by atoms with E-state index in [1.165, 1.54) is 6.92 Å². The number of nitrogens with zero attached hydrogens (tertiary/aromatic N) is 2. The monoisotopic (exact) mass is 280 g/mol. The van der Waals surface area contributed by atoms with Crippen molar-refractivity contribution >= 4 is 15.9 Å². The second kappa shape index (κ2) is 4.48. The summed E-state index contributed by atoms with van der Waals surface area (Å²) in [4.78, 5) is 11.8. The van der Waals surface area contributed by atoms with E-state index in [1.54, 1.807) is 6.07 Å². The van der Waals surface area contributed by atoms with E-state index in [0.29, 0.717) is 9.88 Å². The van der Waals surface area contributed by atoms with Crippen LogP contribution in [0.2, 0.25) is 0 Å². The average molecular weight is 280 g/mol. The van der Waals surface area contributed by atoms with E-state index in [4.69, 9.17) is 5.26 Å². The van der Waals surface area contributed by atoms with Crippen molar-refractivity contribution in [2.24, 2.45) is 0 Å². The number of nitriles is 1. The van der Waals surface area contributed by atoms with Crippen molar-refractivity contribution in [3.63, 3.8) is 0 Å². The Hall–Kier alpha value is -2.20. The topological polar surface area (TPSA) is 78.2 Å². The number of hydrogen-bond donors (Lipinski definition) is 0. The van der Waals surface area contributed by atoms with E-state index in [9.17, 15) is 17.6 Å². The maximum atomic E-state index is 13.1. The minimum Gasteiger partial charge on any atom is -0.268 e. The summed E-state index contributed by atoms with van der Waals surface area (Å²) in [6.45, 7) is 1.32. The molecule has 1 aromatic rings. The number of halogens is 1. The highest BCUT2D eigenvalue weighted by atomic mass is 32.2. The molecule has 1 heterocycles. The maximum absolute atomic E-state index is 13.1. The fraction of sp³-hybridized carbons (Fsp3) is 0.167. The SMILES string of the molecule is CC(=CC#N)CN1C(=O)c2cc(F)ccc2S1(=O)=O. The molecule has 0 fully saturated rings. The third-order valence-electron chi connectivity index (χ3n) is 2.67. The molecule has 0 spiro atoms. The van der Waals surface area contributed by atoms with E-state index in [2.05, 4.69) is 0 Å². The minimum absolute atomic E-state index is 0.176. The van der Waals surface area contributed by atoms with Crippen LogP contribution in [0.4, 0.5) is 4.39 Å². The van der Waals surface area contributed by atoms with Crippen LogP contribution in [0.5, 0.6) is 0 Å². The number of hydrogen-bond acceptors (Lipinski definition) is 4. The van der Waals surface area contributed by atoms with E-state index in [0.717, 1.165) is 24.3 Å². The Morgan fingerprint density at radius 3 is 2.84 bits per heavy atom. The molecule has 19 heavy (non-hydrogen) atoms. The van der Waals surface area contributed by atoms with Gasteiger partial charge >= 0.3 is 0 Å². The first-order valence-corrected chi connectivity index (χ1v) is 6.74. The van der Waals surface area contributed by atoms with Crippen molar-refractivity contribution in [1.82, 2.24) is 4.31 Å². The predicted molar refractivity (Wildman–Crippen MR) is 64.0 cm³/mol. The van der Waals surface area contributed by atoms with Crippen molar-refractivity contribution in [2.75, 3.05) is 6.54 Å². The number of allylic oxidation sites excluding steroid dienone is 1. The number of fused-ring (bicyclic) bond motifs is 1. The first-order valence-electron chi connectivity index (χ1n) is 5.30. The summed E-state index contributed by atoms with van der Waals surface area (Å²) >= 11 is 0. The summed E-state index contributed by atoms with van der Waals surface area (Å²) in [6.07, 6.45) is 1.16. The molecule has 1 aliphatic heterocycles. The number of carbonyl (C=O) groups is 1. The summed E-state index contributed by atoms with van der Waals surface area (Å²) in [6, 6.07) is 4.72. The molecule has 1 aliphatic rings. The van der Waals surface area contributed by atoms with E-state index >= 15 is 0 Å². The number of rotatable bonds is 2. The third-order valence-corrected chi connectivity index (χ3v) is 4.46. The Kier molecular flexibility index (Phi) is 3.12. The lowest BCUT2D eigenvalue weighted by molar-refractivity contribution is 0.0878. The Bertz CT molecular complexity index is 732. The summed E-state index contributed by atoms with van der Waals surface area (Å²) in [7, 11) is -3.96. The molecule has 0 saturated carbocycles.